The van der Waals surface area contributed by atoms with Crippen molar-refractivity contribution in [2.24, 2.45) is 0 Å². The van der Waals surface area contributed by atoms with Crippen molar-refractivity contribution in [3.05, 3.63) is 48.7 Å². The summed E-state index contributed by atoms with van der Waals surface area (Å²) >= 11 is 0. The van der Waals surface area contributed by atoms with Gasteiger partial charge in [0.25, 0.3) is 10.0 Å². The van der Waals surface area contributed by atoms with Gasteiger partial charge in [-0.1, -0.05) is 12.1 Å². The Morgan fingerprint density at radius 3 is 2.46 bits per heavy atom. The first kappa shape index (κ1) is 19.6. The molecule has 2 N–H and O–H groups in total. The molecule has 0 bridgehead atoms. The van der Waals surface area contributed by atoms with Gasteiger partial charge in [0.2, 0.25) is 11.9 Å². The Balaban J connectivity index is 1.85. The van der Waals surface area contributed by atoms with Crippen molar-refractivity contribution in [2.75, 3.05) is 5.32 Å². The molecule has 0 aliphatic heterocycles. The number of nitrogens with zero attached hydrogens (tertiary/aromatic N) is 2. The number of fused-ring (bicyclic) bond motifs is 1. The average Bonchev–Trinajstić information content (AvgIpc) is 2.61. The smallest absolute Gasteiger partial charge is 0.264 e. The van der Waals surface area contributed by atoms with Gasteiger partial charge in [-0.3, -0.25) is 4.79 Å². The van der Waals surface area contributed by atoms with Crippen molar-refractivity contribution >= 4 is 38.5 Å². The molecule has 9 heteroatoms. The van der Waals surface area contributed by atoms with Crippen molar-refractivity contribution in [3.8, 4) is 5.75 Å². The molecule has 3 aromatic rings. The zero-order chi connectivity index (χ0) is 20.3. The van der Waals surface area contributed by atoms with E-state index in [1.54, 1.807) is 18.3 Å². The molecule has 1 amide bonds. The molecule has 1 aromatic heterocycles. The number of hydrogen-bond donors (Lipinski definition) is 2. The Hall–Kier alpha value is -3.20. The number of sulfonamides is 1. The topological polar surface area (TPSA) is 110 Å². The summed E-state index contributed by atoms with van der Waals surface area (Å²) in [7, 11) is -3.87. The Morgan fingerprint density at radius 2 is 1.82 bits per heavy atom. The highest BCUT2D eigenvalue weighted by atomic mass is 32.2. The van der Waals surface area contributed by atoms with Gasteiger partial charge in [-0.15, -0.1) is 0 Å². The van der Waals surface area contributed by atoms with E-state index in [-0.39, 0.29) is 11.0 Å². The molecule has 0 aliphatic rings. The Bertz CT molecular complexity index is 1110. The highest BCUT2D eigenvalue weighted by Gasteiger charge is 2.15. The van der Waals surface area contributed by atoms with Crippen LogP contribution in [0.15, 0.2) is 53.6 Å². The molecule has 2 aromatic carbocycles. The summed E-state index contributed by atoms with van der Waals surface area (Å²) in [6.45, 7) is 5.02. The minimum atomic E-state index is -3.87. The van der Waals surface area contributed by atoms with Gasteiger partial charge in [-0.05, 0) is 44.2 Å². The summed E-state index contributed by atoms with van der Waals surface area (Å²) < 4.78 is 31.7. The predicted octanol–water partition coefficient (Wildman–Crippen LogP) is 2.99. The fourth-order valence-corrected chi connectivity index (χ4v) is 3.52. The van der Waals surface area contributed by atoms with E-state index in [4.69, 9.17) is 4.74 Å². The van der Waals surface area contributed by atoms with Crippen LogP contribution in [0.3, 0.4) is 0 Å². The molecule has 3 rings (SSSR count). The number of para-hydroxylation sites is 1. The van der Waals surface area contributed by atoms with Crippen LogP contribution in [-0.4, -0.2) is 30.4 Å². The molecular weight excluding hydrogens is 380 g/mol. The van der Waals surface area contributed by atoms with Gasteiger partial charge in [0.05, 0.1) is 11.0 Å². The number of amides is 1. The Labute approximate surface area is 163 Å². The zero-order valence-electron chi connectivity index (χ0n) is 15.6. The van der Waals surface area contributed by atoms with Crippen LogP contribution >= 0.6 is 0 Å². The Morgan fingerprint density at radius 1 is 1.11 bits per heavy atom. The molecule has 8 nitrogen and oxygen atoms in total. The van der Waals surface area contributed by atoms with Crippen LogP contribution < -0.4 is 14.8 Å². The van der Waals surface area contributed by atoms with Gasteiger partial charge < -0.3 is 10.1 Å². The van der Waals surface area contributed by atoms with Gasteiger partial charge in [-0.25, -0.2) is 23.1 Å². The van der Waals surface area contributed by atoms with E-state index >= 15 is 0 Å². The van der Waals surface area contributed by atoms with Crippen molar-refractivity contribution in [1.29, 1.82) is 0 Å². The molecule has 0 atom stereocenters. The van der Waals surface area contributed by atoms with Crippen LogP contribution in [0.1, 0.15) is 20.8 Å². The van der Waals surface area contributed by atoms with E-state index < -0.39 is 15.9 Å². The maximum atomic E-state index is 12.0. The lowest BCUT2D eigenvalue weighted by Gasteiger charge is -2.12. The monoisotopic (exact) mass is 400 g/mol. The molecule has 0 spiro atoms. The van der Waals surface area contributed by atoms with Crippen LogP contribution in [0.4, 0.5) is 11.6 Å². The second kappa shape index (κ2) is 7.81. The molecule has 0 fully saturated rings. The van der Waals surface area contributed by atoms with Crippen LogP contribution in [-0.2, 0) is 14.8 Å². The molecule has 0 radical (unpaired) electrons. The lowest BCUT2D eigenvalue weighted by molar-refractivity contribution is -0.117. The highest BCUT2D eigenvalue weighted by Crippen LogP contribution is 2.26. The maximum Gasteiger partial charge on any atom is 0.264 e. The van der Waals surface area contributed by atoms with Crippen LogP contribution in [0.5, 0.6) is 5.75 Å². The fraction of sp³-hybridized carbons (Fsp3) is 0.211. The van der Waals surface area contributed by atoms with Crippen LogP contribution in [0, 0.1) is 0 Å². The number of anilines is 2. The molecule has 0 unspecified atom stereocenters. The third-order valence-corrected chi connectivity index (χ3v) is 5.08. The van der Waals surface area contributed by atoms with Gasteiger partial charge in [0, 0.05) is 24.2 Å². The highest BCUT2D eigenvalue weighted by molar-refractivity contribution is 7.90. The van der Waals surface area contributed by atoms with E-state index in [0.717, 1.165) is 12.3 Å². The average molecular weight is 400 g/mol. The van der Waals surface area contributed by atoms with Gasteiger partial charge in [0.15, 0.2) is 0 Å². The molecule has 1 heterocycles. The number of aromatic nitrogens is 2. The molecular formula is C19H20N4O4S. The normalized spacial score (nSPS) is 11.4. The molecule has 28 heavy (non-hydrogen) atoms. The minimum absolute atomic E-state index is 0.00933. The van der Waals surface area contributed by atoms with E-state index in [9.17, 15) is 13.2 Å². The number of carbonyl (C=O) groups is 1. The van der Waals surface area contributed by atoms with Crippen molar-refractivity contribution in [1.82, 2.24) is 14.7 Å². The first-order chi connectivity index (χ1) is 13.2. The van der Waals surface area contributed by atoms with E-state index in [1.807, 2.05) is 36.8 Å². The second-order valence-electron chi connectivity index (χ2n) is 6.37. The molecule has 0 saturated carbocycles. The van der Waals surface area contributed by atoms with Crippen LogP contribution in [0.2, 0.25) is 0 Å². The van der Waals surface area contributed by atoms with E-state index in [1.165, 1.54) is 12.1 Å². The fourth-order valence-electron chi connectivity index (χ4n) is 2.53. The third-order valence-electron chi connectivity index (χ3n) is 3.64. The lowest BCUT2D eigenvalue weighted by Crippen LogP contribution is -2.28. The SMILES string of the molecule is CC(=O)NS(=O)(=O)c1ccc(Nc2ncc3cccc(OC(C)C)c3n2)cc1. The molecule has 0 saturated heterocycles. The second-order valence-corrected chi connectivity index (χ2v) is 8.05. The summed E-state index contributed by atoms with van der Waals surface area (Å²) in [6.07, 6.45) is 1.70. The van der Waals surface area contributed by atoms with E-state index in [2.05, 4.69) is 15.3 Å². The predicted molar refractivity (Wildman–Crippen MR) is 106 cm³/mol. The van der Waals surface area contributed by atoms with Crippen LogP contribution in [0.25, 0.3) is 10.9 Å². The number of ether oxygens (including phenoxy) is 1. The summed E-state index contributed by atoms with van der Waals surface area (Å²) in [5, 5.41) is 3.88. The van der Waals surface area contributed by atoms with Gasteiger partial charge in [-0.2, -0.15) is 0 Å². The summed E-state index contributed by atoms with van der Waals surface area (Å²) in [6, 6.07) is 11.5. The lowest BCUT2D eigenvalue weighted by atomic mass is 10.2. The summed E-state index contributed by atoms with van der Waals surface area (Å²) in [5.41, 5.74) is 1.28. The maximum absolute atomic E-state index is 12.0. The minimum Gasteiger partial charge on any atom is -0.489 e. The largest absolute Gasteiger partial charge is 0.489 e. The third kappa shape index (κ3) is 4.55. The van der Waals surface area contributed by atoms with Crippen molar-refractivity contribution in [2.45, 2.75) is 31.8 Å². The van der Waals surface area contributed by atoms with Crippen molar-refractivity contribution < 1.29 is 17.9 Å². The zero-order valence-corrected chi connectivity index (χ0v) is 16.4. The molecule has 146 valence electrons. The Kier molecular flexibility index (Phi) is 5.46. The molecule has 0 aliphatic carbocycles. The first-order valence-electron chi connectivity index (χ1n) is 8.57. The van der Waals surface area contributed by atoms with E-state index in [0.29, 0.717) is 22.9 Å². The van der Waals surface area contributed by atoms with Gasteiger partial charge >= 0.3 is 0 Å². The number of benzene rings is 2. The first-order valence-corrected chi connectivity index (χ1v) is 10.1. The number of nitrogens with one attached hydrogen (secondary N) is 2. The summed E-state index contributed by atoms with van der Waals surface area (Å²) in [4.78, 5) is 19.8. The quantitative estimate of drug-likeness (QED) is 0.654. The number of carbonyl (C=O) groups excluding carboxylic acids is 1. The van der Waals surface area contributed by atoms with Crippen molar-refractivity contribution in [3.63, 3.8) is 0 Å². The number of rotatable bonds is 6. The standard InChI is InChI=1S/C19H20N4O4S/c1-12(2)27-17-6-4-5-14-11-20-19(22-18(14)17)21-15-7-9-16(10-8-15)28(25,26)23-13(3)24/h4-12H,1-3H3,(H,23,24)(H,20,21,22). The number of hydrogen-bond acceptors (Lipinski definition) is 7. The van der Waals surface area contributed by atoms with Gasteiger partial charge in [0.1, 0.15) is 11.3 Å². The summed E-state index contributed by atoms with van der Waals surface area (Å²) in [5.74, 6) is 0.366.